The molecule has 0 amide bonds. The summed E-state index contributed by atoms with van der Waals surface area (Å²) >= 11 is 1.48. The van der Waals surface area contributed by atoms with Gasteiger partial charge in [0, 0.05) is 6.54 Å². The maximum Gasteiger partial charge on any atom is 0.299 e. The number of nitrogens with one attached hydrogen (secondary N) is 1. The summed E-state index contributed by atoms with van der Waals surface area (Å²) in [4.78, 5) is 0. The Morgan fingerprint density at radius 3 is 2.65 bits per heavy atom. The Kier molecular flexibility index (Phi) is 5.95. The summed E-state index contributed by atoms with van der Waals surface area (Å²) in [6.45, 7) is 5.94. The summed E-state index contributed by atoms with van der Waals surface area (Å²) < 4.78 is 5.72. The molecule has 1 heterocycles. The third kappa shape index (κ3) is 4.58. The van der Waals surface area contributed by atoms with Crippen LogP contribution in [0.5, 0.6) is 10.9 Å². The summed E-state index contributed by atoms with van der Waals surface area (Å²) in [7, 11) is 0. The van der Waals surface area contributed by atoms with E-state index in [4.69, 9.17) is 4.74 Å². The summed E-state index contributed by atoms with van der Waals surface area (Å²) in [5, 5.41) is 12.9. The molecule has 5 heteroatoms. The largest absolute Gasteiger partial charge is 0.430 e. The second kappa shape index (κ2) is 7.97. The third-order valence-electron chi connectivity index (χ3n) is 2.92. The zero-order chi connectivity index (χ0) is 14.2. The molecule has 0 spiro atoms. The Hall–Kier alpha value is -1.46. The maximum atomic E-state index is 5.72. The number of rotatable bonds is 8. The number of aryl methyl sites for hydroxylation is 1. The van der Waals surface area contributed by atoms with Gasteiger partial charge in [0.2, 0.25) is 0 Å². The quantitative estimate of drug-likeness (QED) is 0.804. The van der Waals surface area contributed by atoms with Gasteiger partial charge in [-0.25, -0.2) is 0 Å². The van der Waals surface area contributed by atoms with Crippen LogP contribution < -0.4 is 10.1 Å². The second-order valence-corrected chi connectivity index (χ2v) is 5.62. The molecule has 20 heavy (non-hydrogen) atoms. The molecule has 1 aromatic carbocycles. The van der Waals surface area contributed by atoms with Crippen molar-refractivity contribution in [2.75, 3.05) is 6.54 Å². The molecule has 0 saturated heterocycles. The molecule has 0 aliphatic rings. The van der Waals surface area contributed by atoms with Gasteiger partial charge in [0.1, 0.15) is 10.8 Å². The van der Waals surface area contributed by atoms with Crippen LogP contribution in [0, 0.1) is 0 Å². The normalized spacial score (nSPS) is 10.7. The molecule has 0 unspecified atom stereocenters. The van der Waals surface area contributed by atoms with Crippen LogP contribution in [0.2, 0.25) is 0 Å². The average Bonchev–Trinajstić information content (AvgIpc) is 2.92. The molecule has 0 fully saturated rings. The van der Waals surface area contributed by atoms with Crippen molar-refractivity contribution in [2.45, 2.75) is 39.7 Å². The molecule has 4 nitrogen and oxygen atoms in total. The van der Waals surface area contributed by atoms with Crippen LogP contribution in [-0.4, -0.2) is 16.7 Å². The van der Waals surface area contributed by atoms with Crippen LogP contribution in [0.1, 0.15) is 37.3 Å². The minimum absolute atomic E-state index is 0.596. The standard InChI is InChI=1S/C15H21N3OS/c1-3-5-6-12-7-9-13(10-8-12)19-15-18-17-14(20-15)11-16-4-2/h7-10,16H,3-6,11H2,1-2H3. The Labute approximate surface area is 124 Å². The van der Waals surface area contributed by atoms with Crippen molar-refractivity contribution in [3.8, 4) is 10.9 Å². The molecule has 0 saturated carbocycles. The number of benzene rings is 1. The fraction of sp³-hybridized carbons (Fsp3) is 0.467. The first-order valence-corrected chi connectivity index (χ1v) is 7.93. The fourth-order valence-corrected chi connectivity index (χ4v) is 2.47. The Bertz CT molecular complexity index is 510. The molecule has 2 aromatic rings. The highest BCUT2D eigenvalue weighted by Gasteiger charge is 2.05. The predicted octanol–water partition coefficient (Wildman–Crippen LogP) is 3.78. The minimum atomic E-state index is 0.596. The Morgan fingerprint density at radius 2 is 1.95 bits per heavy atom. The lowest BCUT2D eigenvalue weighted by Gasteiger charge is -2.03. The summed E-state index contributed by atoms with van der Waals surface area (Å²) in [5.74, 6) is 0.816. The molecule has 0 bridgehead atoms. The molecule has 0 radical (unpaired) electrons. The molecule has 108 valence electrons. The van der Waals surface area contributed by atoms with Gasteiger partial charge in [-0.05, 0) is 37.1 Å². The molecule has 2 rings (SSSR count). The van der Waals surface area contributed by atoms with Gasteiger partial charge in [-0.15, -0.1) is 5.10 Å². The van der Waals surface area contributed by atoms with Crippen molar-refractivity contribution in [3.63, 3.8) is 0 Å². The number of hydrogen-bond acceptors (Lipinski definition) is 5. The van der Waals surface area contributed by atoms with Gasteiger partial charge in [-0.2, -0.15) is 0 Å². The fourth-order valence-electron chi connectivity index (χ4n) is 1.79. The molecule has 1 N–H and O–H groups in total. The lowest BCUT2D eigenvalue weighted by molar-refractivity contribution is 0.472. The Morgan fingerprint density at radius 1 is 1.15 bits per heavy atom. The van der Waals surface area contributed by atoms with E-state index < -0.39 is 0 Å². The van der Waals surface area contributed by atoms with Gasteiger partial charge < -0.3 is 10.1 Å². The second-order valence-electron chi connectivity index (χ2n) is 4.59. The molecule has 0 aliphatic heterocycles. The minimum Gasteiger partial charge on any atom is -0.430 e. The SMILES string of the molecule is CCCCc1ccc(Oc2nnc(CNCC)s2)cc1. The maximum absolute atomic E-state index is 5.72. The van der Waals surface area contributed by atoms with Gasteiger partial charge in [0.15, 0.2) is 0 Å². The highest BCUT2D eigenvalue weighted by molar-refractivity contribution is 7.13. The van der Waals surface area contributed by atoms with Crippen LogP contribution in [0.4, 0.5) is 0 Å². The average molecular weight is 291 g/mol. The number of ether oxygens (including phenoxy) is 1. The first-order valence-electron chi connectivity index (χ1n) is 7.11. The van der Waals surface area contributed by atoms with Crippen molar-refractivity contribution >= 4 is 11.3 Å². The van der Waals surface area contributed by atoms with Gasteiger partial charge in [0.25, 0.3) is 5.19 Å². The van der Waals surface area contributed by atoms with E-state index in [1.807, 2.05) is 12.1 Å². The number of aromatic nitrogens is 2. The van der Waals surface area contributed by atoms with E-state index in [2.05, 4.69) is 41.5 Å². The van der Waals surface area contributed by atoms with Crippen molar-refractivity contribution in [3.05, 3.63) is 34.8 Å². The van der Waals surface area contributed by atoms with Crippen LogP contribution in [0.25, 0.3) is 0 Å². The molecule has 0 aliphatic carbocycles. The Balaban J connectivity index is 1.90. The van der Waals surface area contributed by atoms with Crippen LogP contribution in [0.3, 0.4) is 0 Å². The monoisotopic (exact) mass is 291 g/mol. The summed E-state index contributed by atoms with van der Waals surface area (Å²) in [6.07, 6.45) is 3.57. The van der Waals surface area contributed by atoms with Crippen molar-refractivity contribution < 1.29 is 4.74 Å². The van der Waals surface area contributed by atoms with Crippen molar-refractivity contribution in [1.82, 2.24) is 15.5 Å². The van der Waals surface area contributed by atoms with Crippen LogP contribution in [0.15, 0.2) is 24.3 Å². The van der Waals surface area contributed by atoms with Crippen molar-refractivity contribution in [1.29, 1.82) is 0 Å². The zero-order valence-corrected chi connectivity index (χ0v) is 12.9. The van der Waals surface area contributed by atoms with Crippen LogP contribution >= 0.6 is 11.3 Å². The van der Waals surface area contributed by atoms with E-state index in [0.717, 1.165) is 30.3 Å². The molecular formula is C15H21N3OS. The van der Waals surface area contributed by atoms with Crippen molar-refractivity contribution in [2.24, 2.45) is 0 Å². The van der Waals surface area contributed by atoms with E-state index in [9.17, 15) is 0 Å². The first-order chi connectivity index (χ1) is 9.81. The smallest absolute Gasteiger partial charge is 0.299 e. The topological polar surface area (TPSA) is 47.0 Å². The lowest BCUT2D eigenvalue weighted by Crippen LogP contribution is -2.11. The number of hydrogen-bond donors (Lipinski definition) is 1. The van der Waals surface area contributed by atoms with Gasteiger partial charge in [0.05, 0.1) is 0 Å². The number of unbranched alkanes of at least 4 members (excludes halogenated alkanes) is 1. The molecular weight excluding hydrogens is 270 g/mol. The third-order valence-corrected chi connectivity index (χ3v) is 3.72. The predicted molar refractivity (Wildman–Crippen MR) is 82.4 cm³/mol. The van der Waals surface area contributed by atoms with E-state index in [0.29, 0.717) is 5.19 Å². The first kappa shape index (κ1) is 14.9. The van der Waals surface area contributed by atoms with Gasteiger partial charge in [-0.1, -0.05) is 48.8 Å². The van der Waals surface area contributed by atoms with Gasteiger partial charge in [-0.3, -0.25) is 0 Å². The van der Waals surface area contributed by atoms with Gasteiger partial charge >= 0.3 is 0 Å². The zero-order valence-electron chi connectivity index (χ0n) is 12.1. The van der Waals surface area contributed by atoms with E-state index in [1.54, 1.807) is 0 Å². The summed E-state index contributed by atoms with van der Waals surface area (Å²) in [6, 6.07) is 8.23. The van der Waals surface area contributed by atoms with Crippen LogP contribution in [-0.2, 0) is 13.0 Å². The summed E-state index contributed by atoms with van der Waals surface area (Å²) in [5.41, 5.74) is 1.35. The lowest BCUT2D eigenvalue weighted by atomic mass is 10.1. The molecule has 1 aromatic heterocycles. The highest BCUT2D eigenvalue weighted by Crippen LogP contribution is 2.25. The van der Waals surface area contributed by atoms with E-state index in [-0.39, 0.29) is 0 Å². The highest BCUT2D eigenvalue weighted by atomic mass is 32.1. The molecule has 0 atom stereocenters. The van der Waals surface area contributed by atoms with E-state index in [1.165, 1.54) is 29.7 Å². The van der Waals surface area contributed by atoms with E-state index >= 15 is 0 Å². The number of nitrogens with zero attached hydrogens (tertiary/aromatic N) is 2.